The maximum absolute atomic E-state index is 13.4. The number of anilines is 1. The molecule has 88 valence electrons. The number of ether oxygens (including phenoxy) is 1. The second kappa shape index (κ2) is 4.62. The van der Waals surface area contributed by atoms with Crippen LogP contribution in [0.25, 0.3) is 0 Å². The second-order valence-corrected chi connectivity index (χ2v) is 3.96. The summed E-state index contributed by atoms with van der Waals surface area (Å²) in [6.07, 6.45) is 2.69. The van der Waals surface area contributed by atoms with Gasteiger partial charge in [-0.3, -0.25) is 0 Å². The van der Waals surface area contributed by atoms with Crippen molar-refractivity contribution in [2.24, 2.45) is 0 Å². The molecule has 1 aromatic heterocycles. The summed E-state index contributed by atoms with van der Waals surface area (Å²) in [4.78, 5) is 7.47. The molecule has 0 spiro atoms. The Balaban J connectivity index is 2.40. The molecule has 7 heteroatoms. The van der Waals surface area contributed by atoms with Crippen molar-refractivity contribution in [2.45, 2.75) is 0 Å². The highest BCUT2D eigenvalue weighted by atomic mass is 79.9. The summed E-state index contributed by atoms with van der Waals surface area (Å²) < 4.78 is 31.9. The molecule has 1 heterocycles. The fourth-order valence-electron chi connectivity index (χ4n) is 1.13. The number of nitrogen functional groups attached to an aromatic ring is 1. The van der Waals surface area contributed by atoms with Gasteiger partial charge >= 0.3 is 0 Å². The highest BCUT2D eigenvalue weighted by Crippen LogP contribution is 2.30. The van der Waals surface area contributed by atoms with Crippen molar-refractivity contribution in [3.8, 4) is 11.6 Å². The molecular weight excluding hydrogens is 296 g/mol. The molecule has 1 aromatic carbocycles. The molecule has 0 aliphatic carbocycles. The van der Waals surface area contributed by atoms with E-state index in [1.165, 1.54) is 18.5 Å². The Kier molecular flexibility index (Phi) is 3.19. The van der Waals surface area contributed by atoms with Crippen LogP contribution in [0.5, 0.6) is 11.6 Å². The minimum atomic E-state index is -1.11. The highest BCUT2D eigenvalue weighted by molar-refractivity contribution is 9.10. The van der Waals surface area contributed by atoms with E-state index in [0.717, 1.165) is 6.07 Å². The SMILES string of the molecule is Nc1nccnc1Oc1cc(Br)cc(F)c1F. The van der Waals surface area contributed by atoms with Gasteiger partial charge in [0.05, 0.1) is 0 Å². The molecule has 0 aliphatic rings. The molecule has 4 nitrogen and oxygen atoms in total. The Bertz CT molecular complexity index is 565. The van der Waals surface area contributed by atoms with Crippen LogP contribution < -0.4 is 10.5 Å². The molecule has 2 aromatic rings. The van der Waals surface area contributed by atoms with E-state index in [9.17, 15) is 8.78 Å². The summed E-state index contributed by atoms with van der Waals surface area (Å²) in [6.45, 7) is 0. The third kappa shape index (κ3) is 2.50. The number of nitrogens with two attached hydrogens (primary N) is 1. The molecule has 0 saturated heterocycles. The summed E-state index contributed by atoms with van der Waals surface area (Å²) in [6, 6.07) is 2.26. The van der Waals surface area contributed by atoms with Gasteiger partial charge in [-0.1, -0.05) is 15.9 Å². The quantitative estimate of drug-likeness (QED) is 0.867. The zero-order valence-electron chi connectivity index (χ0n) is 8.32. The molecule has 0 radical (unpaired) electrons. The first-order chi connectivity index (χ1) is 8.08. The minimum Gasteiger partial charge on any atom is -0.433 e. The number of halogens is 3. The molecule has 0 bridgehead atoms. The van der Waals surface area contributed by atoms with Crippen molar-refractivity contribution in [2.75, 3.05) is 5.73 Å². The first kappa shape index (κ1) is 11.7. The van der Waals surface area contributed by atoms with Crippen molar-refractivity contribution in [3.63, 3.8) is 0 Å². The number of hydrogen-bond acceptors (Lipinski definition) is 4. The summed E-state index contributed by atoms with van der Waals surface area (Å²) in [5.41, 5.74) is 5.47. The lowest BCUT2D eigenvalue weighted by molar-refractivity contribution is 0.405. The van der Waals surface area contributed by atoms with E-state index in [1.54, 1.807) is 0 Å². The van der Waals surface area contributed by atoms with Crippen LogP contribution in [0.3, 0.4) is 0 Å². The van der Waals surface area contributed by atoms with Gasteiger partial charge in [-0.05, 0) is 12.1 Å². The Morgan fingerprint density at radius 2 is 1.88 bits per heavy atom. The molecule has 0 unspecified atom stereocenters. The number of hydrogen-bond donors (Lipinski definition) is 1. The lowest BCUT2D eigenvalue weighted by Crippen LogP contribution is -1.99. The molecule has 0 aliphatic heterocycles. The van der Waals surface area contributed by atoms with Gasteiger partial charge in [-0.2, -0.15) is 4.39 Å². The van der Waals surface area contributed by atoms with E-state index >= 15 is 0 Å². The van der Waals surface area contributed by atoms with E-state index in [-0.39, 0.29) is 17.4 Å². The predicted molar refractivity (Wildman–Crippen MR) is 60.6 cm³/mol. The van der Waals surface area contributed by atoms with E-state index in [1.807, 2.05) is 0 Å². The molecule has 0 amide bonds. The van der Waals surface area contributed by atoms with Gasteiger partial charge in [0.25, 0.3) is 5.88 Å². The van der Waals surface area contributed by atoms with Gasteiger partial charge in [0.1, 0.15) is 0 Å². The fraction of sp³-hybridized carbons (Fsp3) is 0. The van der Waals surface area contributed by atoms with E-state index < -0.39 is 11.6 Å². The largest absolute Gasteiger partial charge is 0.433 e. The van der Waals surface area contributed by atoms with Gasteiger partial charge in [0.15, 0.2) is 17.4 Å². The van der Waals surface area contributed by atoms with Crippen LogP contribution in [0.15, 0.2) is 29.0 Å². The van der Waals surface area contributed by atoms with Crippen LogP contribution in [0.4, 0.5) is 14.6 Å². The van der Waals surface area contributed by atoms with E-state index in [0.29, 0.717) is 4.47 Å². The molecule has 0 saturated carbocycles. The second-order valence-electron chi connectivity index (χ2n) is 3.05. The summed E-state index contributed by atoms with van der Waals surface area (Å²) >= 11 is 3.03. The Labute approximate surface area is 104 Å². The minimum absolute atomic E-state index is 0.00714. The van der Waals surface area contributed by atoms with Gasteiger partial charge in [-0.25, -0.2) is 14.4 Å². The molecule has 2 N–H and O–H groups in total. The summed E-state index contributed by atoms with van der Waals surface area (Å²) in [5.74, 6) is -2.55. The smallest absolute Gasteiger partial charge is 0.262 e. The van der Waals surface area contributed by atoms with Crippen LogP contribution >= 0.6 is 15.9 Å². The van der Waals surface area contributed by atoms with Crippen LogP contribution in [0.1, 0.15) is 0 Å². The summed E-state index contributed by atoms with van der Waals surface area (Å²) in [7, 11) is 0. The third-order valence-electron chi connectivity index (χ3n) is 1.86. The van der Waals surface area contributed by atoms with Crippen LogP contribution in [0.2, 0.25) is 0 Å². The maximum Gasteiger partial charge on any atom is 0.262 e. The zero-order valence-corrected chi connectivity index (χ0v) is 9.91. The van der Waals surface area contributed by atoms with Crippen molar-refractivity contribution in [1.29, 1.82) is 0 Å². The third-order valence-corrected chi connectivity index (χ3v) is 2.32. The molecule has 17 heavy (non-hydrogen) atoms. The Hall–Kier alpha value is -1.76. The lowest BCUT2D eigenvalue weighted by Gasteiger charge is -2.07. The first-order valence-electron chi connectivity index (χ1n) is 4.47. The first-order valence-corrected chi connectivity index (χ1v) is 5.26. The standard InChI is InChI=1S/C10H6BrF2N3O/c11-5-3-6(12)8(13)7(4-5)17-10-9(14)15-1-2-16-10/h1-4H,(H2,14,15). The number of rotatable bonds is 2. The zero-order chi connectivity index (χ0) is 12.4. The average molecular weight is 302 g/mol. The van der Waals surface area contributed by atoms with E-state index in [2.05, 4.69) is 25.9 Å². The van der Waals surface area contributed by atoms with Crippen molar-refractivity contribution in [3.05, 3.63) is 40.6 Å². The predicted octanol–water partition coefficient (Wildman–Crippen LogP) is 2.89. The van der Waals surface area contributed by atoms with Crippen LogP contribution in [-0.4, -0.2) is 9.97 Å². The van der Waals surface area contributed by atoms with Crippen LogP contribution in [-0.2, 0) is 0 Å². The van der Waals surface area contributed by atoms with Crippen molar-refractivity contribution in [1.82, 2.24) is 9.97 Å². The Morgan fingerprint density at radius 1 is 1.18 bits per heavy atom. The number of nitrogens with zero attached hydrogens (tertiary/aromatic N) is 2. The topological polar surface area (TPSA) is 61.0 Å². The van der Waals surface area contributed by atoms with Crippen LogP contribution in [0, 0.1) is 11.6 Å². The van der Waals surface area contributed by atoms with Gasteiger partial charge in [0, 0.05) is 16.9 Å². The molecule has 2 rings (SSSR count). The normalized spacial score (nSPS) is 10.3. The van der Waals surface area contributed by atoms with Gasteiger partial charge < -0.3 is 10.5 Å². The van der Waals surface area contributed by atoms with Gasteiger partial charge in [0.2, 0.25) is 5.82 Å². The number of aromatic nitrogens is 2. The fourth-order valence-corrected chi connectivity index (χ4v) is 1.53. The monoisotopic (exact) mass is 301 g/mol. The highest BCUT2D eigenvalue weighted by Gasteiger charge is 2.14. The Morgan fingerprint density at radius 3 is 2.59 bits per heavy atom. The average Bonchev–Trinajstić information content (AvgIpc) is 2.28. The van der Waals surface area contributed by atoms with Gasteiger partial charge in [-0.15, -0.1) is 0 Å². The molecule has 0 fully saturated rings. The molecule has 0 atom stereocenters. The molecular formula is C10H6BrF2N3O. The summed E-state index contributed by atoms with van der Waals surface area (Å²) in [5, 5.41) is 0. The van der Waals surface area contributed by atoms with Crippen molar-refractivity contribution < 1.29 is 13.5 Å². The number of benzene rings is 1. The lowest BCUT2D eigenvalue weighted by atomic mass is 10.3. The maximum atomic E-state index is 13.4. The van der Waals surface area contributed by atoms with E-state index in [4.69, 9.17) is 10.5 Å². The van der Waals surface area contributed by atoms with Crippen molar-refractivity contribution >= 4 is 21.7 Å².